The van der Waals surface area contributed by atoms with Crippen molar-refractivity contribution in [1.82, 2.24) is 19.6 Å². The molecule has 0 aliphatic carbocycles. The Labute approximate surface area is 128 Å². The highest BCUT2D eigenvalue weighted by Crippen LogP contribution is 2.10. The lowest BCUT2D eigenvalue weighted by Crippen LogP contribution is -2.50. The maximum absolute atomic E-state index is 12.5. The molecule has 1 saturated heterocycles. The van der Waals surface area contributed by atoms with Gasteiger partial charge in [-0.25, -0.2) is 4.68 Å². The van der Waals surface area contributed by atoms with E-state index in [-0.39, 0.29) is 11.8 Å². The average Bonchev–Trinajstić information content (AvgIpc) is 3.05. The van der Waals surface area contributed by atoms with E-state index < -0.39 is 0 Å². The number of carbonyl (C=O) groups excluding carboxylic acids is 2. The molecule has 0 atom stereocenters. The summed E-state index contributed by atoms with van der Waals surface area (Å²) in [5, 5.41) is 4.35. The Kier molecular flexibility index (Phi) is 3.91. The lowest BCUT2D eigenvalue weighted by molar-refractivity contribution is -0.130. The van der Waals surface area contributed by atoms with Gasteiger partial charge in [-0.3, -0.25) is 9.59 Å². The van der Waals surface area contributed by atoms with Crippen molar-refractivity contribution in [3.8, 4) is 5.69 Å². The quantitative estimate of drug-likeness (QED) is 0.836. The van der Waals surface area contributed by atoms with Gasteiger partial charge in [0.2, 0.25) is 5.91 Å². The van der Waals surface area contributed by atoms with Gasteiger partial charge in [0.1, 0.15) is 0 Å². The summed E-state index contributed by atoms with van der Waals surface area (Å²) in [5.41, 5.74) is 1.35. The van der Waals surface area contributed by atoms with Crippen LogP contribution in [0.15, 0.2) is 42.6 Å². The van der Waals surface area contributed by atoms with Crippen molar-refractivity contribution in [3.05, 3.63) is 48.3 Å². The van der Waals surface area contributed by atoms with Crippen LogP contribution in [0.1, 0.15) is 17.4 Å². The van der Waals surface area contributed by atoms with Crippen molar-refractivity contribution in [2.45, 2.75) is 6.92 Å². The van der Waals surface area contributed by atoms with Crippen LogP contribution in [-0.2, 0) is 4.79 Å². The summed E-state index contributed by atoms with van der Waals surface area (Å²) in [6.45, 7) is 3.83. The molecule has 22 heavy (non-hydrogen) atoms. The number of amides is 2. The fourth-order valence-electron chi connectivity index (χ4n) is 2.55. The van der Waals surface area contributed by atoms with Gasteiger partial charge in [0.25, 0.3) is 5.91 Å². The van der Waals surface area contributed by atoms with Crippen molar-refractivity contribution in [3.63, 3.8) is 0 Å². The maximum atomic E-state index is 12.5. The number of piperazine rings is 1. The highest BCUT2D eigenvalue weighted by molar-refractivity contribution is 5.92. The van der Waals surface area contributed by atoms with E-state index in [0.717, 1.165) is 5.69 Å². The van der Waals surface area contributed by atoms with Gasteiger partial charge in [-0.05, 0) is 18.2 Å². The summed E-state index contributed by atoms with van der Waals surface area (Å²) in [6, 6.07) is 11.4. The smallest absolute Gasteiger partial charge is 0.274 e. The molecule has 1 aliphatic heterocycles. The average molecular weight is 298 g/mol. The van der Waals surface area contributed by atoms with E-state index in [0.29, 0.717) is 31.9 Å². The Balaban J connectivity index is 1.69. The molecule has 3 rings (SSSR count). The third-order valence-corrected chi connectivity index (χ3v) is 3.84. The minimum absolute atomic E-state index is 0.0560. The number of hydrogen-bond donors (Lipinski definition) is 0. The van der Waals surface area contributed by atoms with Gasteiger partial charge >= 0.3 is 0 Å². The fraction of sp³-hybridized carbons (Fsp3) is 0.312. The molecule has 0 N–H and O–H groups in total. The molecule has 1 aliphatic rings. The molecule has 0 unspecified atom stereocenters. The predicted molar refractivity (Wildman–Crippen MR) is 81.7 cm³/mol. The Hall–Kier alpha value is -2.63. The summed E-state index contributed by atoms with van der Waals surface area (Å²) in [4.78, 5) is 27.3. The topological polar surface area (TPSA) is 58.4 Å². The molecule has 1 aromatic carbocycles. The van der Waals surface area contributed by atoms with Gasteiger partial charge in [0, 0.05) is 39.3 Å². The molecule has 2 aromatic rings. The van der Waals surface area contributed by atoms with Crippen LogP contribution in [0.3, 0.4) is 0 Å². The van der Waals surface area contributed by atoms with E-state index in [1.165, 1.54) is 0 Å². The first-order chi connectivity index (χ1) is 10.6. The molecule has 114 valence electrons. The van der Waals surface area contributed by atoms with Crippen molar-refractivity contribution in [2.24, 2.45) is 0 Å². The number of aromatic nitrogens is 2. The third-order valence-electron chi connectivity index (χ3n) is 3.84. The molecule has 0 bridgehead atoms. The van der Waals surface area contributed by atoms with Gasteiger partial charge in [-0.2, -0.15) is 5.10 Å². The third kappa shape index (κ3) is 2.86. The Bertz CT molecular complexity index is 672. The molecule has 0 radical (unpaired) electrons. The number of nitrogens with zero attached hydrogens (tertiary/aromatic N) is 4. The number of rotatable bonds is 2. The second-order valence-electron chi connectivity index (χ2n) is 5.28. The van der Waals surface area contributed by atoms with Gasteiger partial charge in [0.15, 0.2) is 5.69 Å². The number of hydrogen-bond acceptors (Lipinski definition) is 3. The van der Waals surface area contributed by atoms with Crippen LogP contribution in [0.5, 0.6) is 0 Å². The van der Waals surface area contributed by atoms with Gasteiger partial charge in [0.05, 0.1) is 5.69 Å². The van der Waals surface area contributed by atoms with Gasteiger partial charge in [-0.1, -0.05) is 18.2 Å². The zero-order chi connectivity index (χ0) is 15.5. The molecule has 6 heteroatoms. The first-order valence-corrected chi connectivity index (χ1v) is 7.31. The molecule has 0 spiro atoms. The van der Waals surface area contributed by atoms with Crippen LogP contribution >= 0.6 is 0 Å². The number of benzene rings is 1. The number of carbonyl (C=O) groups is 2. The minimum Gasteiger partial charge on any atom is -0.339 e. The van der Waals surface area contributed by atoms with E-state index in [4.69, 9.17) is 0 Å². The molecular weight excluding hydrogens is 280 g/mol. The van der Waals surface area contributed by atoms with Crippen LogP contribution in [-0.4, -0.2) is 57.6 Å². The zero-order valence-electron chi connectivity index (χ0n) is 12.5. The summed E-state index contributed by atoms with van der Waals surface area (Å²) < 4.78 is 1.69. The molecule has 0 saturated carbocycles. The summed E-state index contributed by atoms with van der Waals surface area (Å²) in [6.07, 6.45) is 1.79. The highest BCUT2D eigenvalue weighted by Gasteiger charge is 2.24. The Morgan fingerprint density at radius 3 is 2.23 bits per heavy atom. The van der Waals surface area contributed by atoms with E-state index in [2.05, 4.69) is 5.10 Å². The maximum Gasteiger partial charge on any atom is 0.274 e. The lowest BCUT2D eigenvalue weighted by atomic mass is 10.3. The summed E-state index contributed by atoms with van der Waals surface area (Å²) >= 11 is 0. The van der Waals surface area contributed by atoms with Crippen LogP contribution in [0.25, 0.3) is 5.69 Å². The monoisotopic (exact) mass is 298 g/mol. The fourth-order valence-corrected chi connectivity index (χ4v) is 2.55. The first-order valence-electron chi connectivity index (χ1n) is 7.31. The summed E-state index contributed by atoms with van der Waals surface area (Å²) in [5.74, 6) is -0.0293. The van der Waals surface area contributed by atoms with Crippen LogP contribution in [0.4, 0.5) is 0 Å². The highest BCUT2D eigenvalue weighted by atomic mass is 16.2. The SMILES string of the molecule is CC(=O)N1CCN(C(=O)c2ccn(-c3ccccc3)n2)CC1. The van der Waals surface area contributed by atoms with Crippen molar-refractivity contribution in [1.29, 1.82) is 0 Å². The number of para-hydroxylation sites is 1. The van der Waals surface area contributed by atoms with E-state index in [1.807, 2.05) is 30.3 Å². The van der Waals surface area contributed by atoms with Crippen LogP contribution in [0.2, 0.25) is 0 Å². The molecule has 2 heterocycles. The Morgan fingerprint density at radius 1 is 0.955 bits per heavy atom. The predicted octanol–water partition coefficient (Wildman–Crippen LogP) is 1.18. The van der Waals surface area contributed by atoms with Crippen LogP contribution < -0.4 is 0 Å². The largest absolute Gasteiger partial charge is 0.339 e. The zero-order valence-corrected chi connectivity index (χ0v) is 12.5. The van der Waals surface area contributed by atoms with Gasteiger partial charge in [-0.15, -0.1) is 0 Å². The molecule has 6 nitrogen and oxygen atoms in total. The molecular formula is C16H18N4O2. The van der Waals surface area contributed by atoms with Crippen molar-refractivity contribution >= 4 is 11.8 Å². The van der Waals surface area contributed by atoms with Crippen molar-refractivity contribution in [2.75, 3.05) is 26.2 Å². The van der Waals surface area contributed by atoms with Crippen LogP contribution in [0, 0.1) is 0 Å². The van der Waals surface area contributed by atoms with Crippen molar-refractivity contribution < 1.29 is 9.59 Å². The second kappa shape index (κ2) is 6.01. The minimum atomic E-state index is -0.0853. The Morgan fingerprint density at radius 2 is 1.59 bits per heavy atom. The van der Waals surface area contributed by atoms with Gasteiger partial charge < -0.3 is 9.80 Å². The normalized spacial score (nSPS) is 15.0. The second-order valence-corrected chi connectivity index (χ2v) is 5.28. The van der Waals surface area contributed by atoms with E-state index in [9.17, 15) is 9.59 Å². The molecule has 1 fully saturated rings. The lowest BCUT2D eigenvalue weighted by Gasteiger charge is -2.33. The van der Waals surface area contributed by atoms with E-state index in [1.54, 1.807) is 33.7 Å². The molecule has 1 aromatic heterocycles. The summed E-state index contributed by atoms with van der Waals surface area (Å²) in [7, 11) is 0. The molecule has 2 amide bonds. The standard InChI is InChI=1S/C16H18N4O2/c1-13(21)18-9-11-19(12-10-18)16(22)15-7-8-20(17-15)14-5-3-2-4-6-14/h2-8H,9-12H2,1H3. The van der Waals surface area contributed by atoms with E-state index >= 15 is 0 Å². The first kappa shape index (κ1) is 14.3.